The molecule has 0 radical (unpaired) electrons. The van der Waals surface area contributed by atoms with Crippen LogP contribution >= 0.6 is 12.2 Å². The van der Waals surface area contributed by atoms with Crippen molar-refractivity contribution in [2.45, 2.75) is 84.5 Å². The van der Waals surface area contributed by atoms with E-state index in [1.54, 1.807) is 7.11 Å². The van der Waals surface area contributed by atoms with Crippen LogP contribution < -0.4 is 15.4 Å². The molecule has 0 aromatic heterocycles. The first-order valence-electron chi connectivity index (χ1n) is 11.5. The summed E-state index contributed by atoms with van der Waals surface area (Å²) < 4.78 is 11.3. The number of unbranched alkanes of at least 4 members (excludes halogenated alkanes) is 1. The van der Waals surface area contributed by atoms with Crippen LogP contribution in [-0.2, 0) is 15.6 Å². The maximum atomic E-state index is 6.24. The standard InChI is InChI=1S/C25H44N2O2S/c1-8-24(3,4)20-13-14-22(21(19-20)25(5,6)9-2)29-18-11-10-15-26-23(30)27-16-12-17-28-7/h13-14,19H,8-12,15-18H2,1-7H3,(H2,26,27,30). The SMILES string of the molecule is CCC(C)(C)c1ccc(OCCCCNC(=S)NCCCOC)c(C(C)(C)CC)c1. The molecule has 0 spiro atoms. The molecule has 1 rings (SSSR count). The van der Waals surface area contributed by atoms with Crippen molar-refractivity contribution < 1.29 is 9.47 Å². The molecule has 0 bridgehead atoms. The molecule has 0 saturated carbocycles. The molecule has 1 aromatic rings. The maximum Gasteiger partial charge on any atom is 0.166 e. The van der Waals surface area contributed by atoms with Gasteiger partial charge in [-0.25, -0.2) is 0 Å². The highest BCUT2D eigenvalue weighted by Gasteiger charge is 2.26. The van der Waals surface area contributed by atoms with Crippen molar-refractivity contribution in [3.8, 4) is 5.75 Å². The third kappa shape index (κ3) is 8.81. The molecule has 0 fully saturated rings. The number of ether oxygens (including phenoxy) is 2. The summed E-state index contributed by atoms with van der Waals surface area (Å²) in [5.41, 5.74) is 2.99. The van der Waals surface area contributed by atoms with Crippen LogP contribution in [0.5, 0.6) is 5.75 Å². The third-order valence-electron chi connectivity index (χ3n) is 6.18. The fourth-order valence-corrected chi connectivity index (χ4v) is 3.30. The van der Waals surface area contributed by atoms with E-state index < -0.39 is 0 Å². The van der Waals surface area contributed by atoms with Gasteiger partial charge in [0.1, 0.15) is 5.75 Å². The predicted octanol–water partition coefficient (Wildman–Crippen LogP) is 5.72. The van der Waals surface area contributed by atoms with Gasteiger partial charge < -0.3 is 20.1 Å². The minimum atomic E-state index is 0.0946. The Bertz CT molecular complexity index is 644. The van der Waals surface area contributed by atoms with E-state index in [0.717, 1.165) is 64.2 Å². The number of methoxy groups -OCH3 is 1. The molecule has 172 valence electrons. The highest BCUT2D eigenvalue weighted by molar-refractivity contribution is 7.80. The molecular formula is C25H44N2O2S. The molecule has 1 aromatic carbocycles. The highest BCUT2D eigenvalue weighted by atomic mass is 32.1. The Morgan fingerprint density at radius 3 is 2.13 bits per heavy atom. The third-order valence-corrected chi connectivity index (χ3v) is 6.47. The fraction of sp³-hybridized carbons (Fsp3) is 0.720. The number of rotatable bonds is 14. The fourth-order valence-electron chi connectivity index (χ4n) is 3.09. The van der Waals surface area contributed by atoms with E-state index in [1.807, 2.05) is 0 Å². The van der Waals surface area contributed by atoms with Gasteiger partial charge in [0.25, 0.3) is 0 Å². The highest BCUT2D eigenvalue weighted by Crippen LogP contribution is 2.38. The zero-order valence-electron chi connectivity index (χ0n) is 20.3. The monoisotopic (exact) mass is 436 g/mol. The van der Waals surface area contributed by atoms with Gasteiger partial charge in [-0.1, -0.05) is 53.7 Å². The van der Waals surface area contributed by atoms with Crippen LogP contribution in [0.25, 0.3) is 0 Å². The van der Waals surface area contributed by atoms with Gasteiger partial charge in [-0.15, -0.1) is 0 Å². The summed E-state index contributed by atoms with van der Waals surface area (Å²) in [5, 5.41) is 7.17. The Labute approximate surface area is 190 Å². The molecule has 0 aliphatic rings. The predicted molar refractivity (Wildman–Crippen MR) is 133 cm³/mol. The van der Waals surface area contributed by atoms with Gasteiger partial charge in [0.2, 0.25) is 0 Å². The molecule has 0 aliphatic carbocycles. The molecule has 0 unspecified atom stereocenters. The van der Waals surface area contributed by atoms with Crippen LogP contribution in [0, 0.1) is 0 Å². The summed E-state index contributed by atoms with van der Waals surface area (Å²) in [7, 11) is 1.71. The quantitative estimate of drug-likeness (QED) is 0.288. The van der Waals surface area contributed by atoms with Crippen LogP contribution in [-0.4, -0.2) is 38.5 Å². The van der Waals surface area contributed by atoms with Crippen molar-refractivity contribution in [3.63, 3.8) is 0 Å². The lowest BCUT2D eigenvalue weighted by Crippen LogP contribution is -2.36. The van der Waals surface area contributed by atoms with Gasteiger partial charge in [0, 0.05) is 32.4 Å². The summed E-state index contributed by atoms with van der Waals surface area (Å²) >= 11 is 5.29. The lowest BCUT2D eigenvalue weighted by Gasteiger charge is -2.30. The first-order valence-corrected chi connectivity index (χ1v) is 11.9. The zero-order chi connectivity index (χ0) is 22.6. The van der Waals surface area contributed by atoms with Crippen molar-refractivity contribution in [1.29, 1.82) is 0 Å². The average Bonchev–Trinajstić information content (AvgIpc) is 2.73. The topological polar surface area (TPSA) is 42.5 Å². The van der Waals surface area contributed by atoms with E-state index in [2.05, 4.69) is 70.4 Å². The second kappa shape index (κ2) is 13.2. The smallest absolute Gasteiger partial charge is 0.166 e. The van der Waals surface area contributed by atoms with Crippen LogP contribution in [0.1, 0.15) is 84.8 Å². The Morgan fingerprint density at radius 2 is 1.53 bits per heavy atom. The van der Waals surface area contributed by atoms with Gasteiger partial charge >= 0.3 is 0 Å². The van der Waals surface area contributed by atoms with E-state index in [0.29, 0.717) is 5.11 Å². The lowest BCUT2D eigenvalue weighted by atomic mass is 9.76. The van der Waals surface area contributed by atoms with Crippen molar-refractivity contribution in [3.05, 3.63) is 29.3 Å². The van der Waals surface area contributed by atoms with Gasteiger partial charge in [-0.3, -0.25) is 0 Å². The lowest BCUT2D eigenvalue weighted by molar-refractivity contribution is 0.195. The van der Waals surface area contributed by atoms with E-state index in [1.165, 1.54) is 11.1 Å². The Balaban J connectivity index is 2.54. The summed E-state index contributed by atoms with van der Waals surface area (Å²) in [6, 6.07) is 6.79. The van der Waals surface area contributed by atoms with Crippen LogP contribution in [0.4, 0.5) is 0 Å². The number of hydrogen-bond donors (Lipinski definition) is 2. The molecule has 5 heteroatoms. The minimum absolute atomic E-state index is 0.0946. The van der Waals surface area contributed by atoms with Crippen LogP contribution in [0.15, 0.2) is 18.2 Å². The molecule has 2 N–H and O–H groups in total. The second-order valence-corrected chi connectivity index (χ2v) is 9.68. The molecule has 0 aliphatic heterocycles. The summed E-state index contributed by atoms with van der Waals surface area (Å²) in [6.07, 6.45) is 5.17. The number of thiocarbonyl (C=S) groups is 1. The molecular weight excluding hydrogens is 392 g/mol. The summed E-state index contributed by atoms with van der Waals surface area (Å²) in [5.74, 6) is 1.03. The molecule has 0 atom stereocenters. The summed E-state index contributed by atoms with van der Waals surface area (Å²) in [4.78, 5) is 0. The van der Waals surface area contributed by atoms with Gasteiger partial charge in [0.05, 0.1) is 6.61 Å². The Morgan fingerprint density at radius 1 is 0.900 bits per heavy atom. The van der Waals surface area contributed by atoms with E-state index >= 15 is 0 Å². The number of nitrogens with one attached hydrogen (secondary N) is 2. The first-order chi connectivity index (χ1) is 14.2. The van der Waals surface area contributed by atoms with E-state index in [-0.39, 0.29) is 10.8 Å². The Hall–Kier alpha value is -1.33. The van der Waals surface area contributed by atoms with E-state index in [9.17, 15) is 0 Å². The van der Waals surface area contributed by atoms with Gasteiger partial charge in [0.15, 0.2) is 5.11 Å². The van der Waals surface area contributed by atoms with Crippen LogP contribution in [0.2, 0.25) is 0 Å². The van der Waals surface area contributed by atoms with E-state index in [4.69, 9.17) is 21.7 Å². The largest absolute Gasteiger partial charge is 0.493 e. The van der Waals surface area contributed by atoms with Crippen molar-refractivity contribution in [2.24, 2.45) is 0 Å². The molecule has 30 heavy (non-hydrogen) atoms. The second-order valence-electron chi connectivity index (χ2n) is 9.27. The molecule has 0 saturated heterocycles. The number of benzene rings is 1. The molecule has 4 nitrogen and oxygen atoms in total. The van der Waals surface area contributed by atoms with Crippen molar-refractivity contribution in [2.75, 3.05) is 33.4 Å². The first kappa shape index (κ1) is 26.7. The number of hydrogen-bond acceptors (Lipinski definition) is 3. The molecule has 0 amide bonds. The summed E-state index contributed by atoms with van der Waals surface area (Å²) in [6.45, 7) is 16.9. The normalized spacial score (nSPS) is 12.0. The van der Waals surface area contributed by atoms with Gasteiger partial charge in [-0.2, -0.15) is 0 Å². The zero-order valence-corrected chi connectivity index (χ0v) is 21.1. The average molecular weight is 437 g/mol. The Kier molecular flexibility index (Phi) is 11.7. The molecule has 0 heterocycles. The van der Waals surface area contributed by atoms with Crippen molar-refractivity contribution >= 4 is 17.3 Å². The minimum Gasteiger partial charge on any atom is -0.493 e. The van der Waals surface area contributed by atoms with Crippen molar-refractivity contribution in [1.82, 2.24) is 10.6 Å². The van der Waals surface area contributed by atoms with Crippen LogP contribution in [0.3, 0.4) is 0 Å². The van der Waals surface area contributed by atoms with Gasteiger partial charge in [-0.05, 0) is 66.8 Å². The maximum absolute atomic E-state index is 6.24.